The number of benzene rings is 3. The van der Waals surface area contributed by atoms with Gasteiger partial charge in [0.1, 0.15) is 22.9 Å². The topological polar surface area (TPSA) is 127 Å². The molecule has 0 radical (unpaired) electrons. The van der Waals surface area contributed by atoms with Crippen LogP contribution in [0.15, 0.2) is 94.5 Å². The molecule has 42 heavy (non-hydrogen) atoms. The number of fused-ring (bicyclic) bond motifs is 2. The van der Waals surface area contributed by atoms with Gasteiger partial charge < -0.3 is 21.9 Å². The van der Waals surface area contributed by atoms with Crippen molar-refractivity contribution >= 4 is 63.7 Å². The van der Waals surface area contributed by atoms with Crippen LogP contribution >= 0.6 is 23.5 Å². The number of amides is 3. The molecule has 3 aliphatic heterocycles. The van der Waals surface area contributed by atoms with Gasteiger partial charge in [-0.2, -0.15) is 0 Å². The fourth-order valence-electron chi connectivity index (χ4n) is 5.21. The van der Waals surface area contributed by atoms with Gasteiger partial charge in [0, 0.05) is 28.5 Å². The summed E-state index contributed by atoms with van der Waals surface area (Å²) < 4.78 is 0. The van der Waals surface area contributed by atoms with E-state index in [2.05, 4.69) is 5.32 Å². The first-order valence-corrected chi connectivity index (χ1v) is 15.0. The molecule has 0 bridgehead atoms. The zero-order valence-corrected chi connectivity index (χ0v) is 26.3. The van der Waals surface area contributed by atoms with Gasteiger partial charge in [-0.15, -0.1) is 23.5 Å². The van der Waals surface area contributed by atoms with E-state index in [1.54, 1.807) is 23.1 Å². The number of carbonyl (C=O) groups excluding carboxylic acids is 3. The number of anilines is 1. The van der Waals surface area contributed by atoms with E-state index in [0.717, 1.165) is 15.7 Å². The van der Waals surface area contributed by atoms with E-state index < -0.39 is 23.3 Å². The second kappa shape index (κ2) is 12.6. The van der Waals surface area contributed by atoms with E-state index in [1.165, 1.54) is 40.6 Å². The standard InChI is InChI=1S/C30H25N3O6S2.Na.H/c34-22-8-6-21(7-9-22)32-12-11-19(27(32)36)13-20-15-41-29-25(28(37)33(29)26(20)30(38)39)31-24(35)16-40-23-10-5-17-3-1-2-4-18(17)14-23;;/h1-10,13-14,25,29,34H,11-12,15-16H2,(H,31,35)(H,38,39);;/q;+1;-1/b19-13+;;/t25-,29-;;/m1../s1. The third-order valence-corrected chi connectivity index (χ3v) is 9.54. The molecule has 6 rings (SSSR count). The minimum Gasteiger partial charge on any atom is -1.00 e. The molecule has 3 aromatic carbocycles. The summed E-state index contributed by atoms with van der Waals surface area (Å²) in [6, 6.07) is 19.4. The quantitative estimate of drug-likeness (QED) is 0.156. The van der Waals surface area contributed by atoms with Crippen molar-refractivity contribution in [3.63, 3.8) is 0 Å². The van der Waals surface area contributed by atoms with Gasteiger partial charge in [0.25, 0.3) is 11.8 Å². The Balaban J connectivity index is 0.00000212. The Hall–Kier alpha value is -3.22. The van der Waals surface area contributed by atoms with Gasteiger partial charge in [-0.25, -0.2) is 4.79 Å². The van der Waals surface area contributed by atoms with Gasteiger partial charge in [-0.3, -0.25) is 19.3 Å². The number of hydrogen-bond donors (Lipinski definition) is 3. The molecule has 3 amide bonds. The fourth-order valence-corrected chi connectivity index (χ4v) is 7.27. The minimum absolute atomic E-state index is 0. The Kier molecular flexibility index (Phi) is 9.05. The Morgan fingerprint density at radius 1 is 1.07 bits per heavy atom. The first kappa shape index (κ1) is 30.2. The van der Waals surface area contributed by atoms with Crippen LogP contribution < -0.4 is 39.8 Å². The van der Waals surface area contributed by atoms with E-state index in [4.69, 9.17) is 0 Å². The molecular formula is C30H26N3NaO6S2. The SMILES string of the molecule is O=C(CSc1ccc2ccccc2c1)N[C@@H]1C(=O)N2C(C(=O)O)=C(/C=C3\CCN(c4ccc(O)cc4)C3=O)CS[C@H]12.[H-].[Na+]. The van der Waals surface area contributed by atoms with Crippen LogP contribution in [0.5, 0.6) is 5.75 Å². The number of nitrogens with one attached hydrogen (secondary N) is 1. The van der Waals surface area contributed by atoms with E-state index in [9.17, 15) is 29.4 Å². The number of β-lactam (4-membered cyclic amide) rings is 1. The van der Waals surface area contributed by atoms with Crippen molar-refractivity contribution in [1.82, 2.24) is 10.2 Å². The molecule has 210 valence electrons. The summed E-state index contributed by atoms with van der Waals surface area (Å²) in [7, 11) is 0. The van der Waals surface area contributed by atoms with Gasteiger partial charge >= 0.3 is 35.5 Å². The van der Waals surface area contributed by atoms with Gasteiger partial charge in [0.15, 0.2) is 0 Å². The molecule has 2 fully saturated rings. The molecular weight excluding hydrogens is 585 g/mol. The second-order valence-corrected chi connectivity index (χ2v) is 12.0. The number of carbonyl (C=O) groups is 4. The van der Waals surface area contributed by atoms with Gasteiger partial charge in [-0.05, 0) is 65.2 Å². The first-order chi connectivity index (χ1) is 19.8. The molecule has 0 aromatic heterocycles. The number of allylic oxidation sites excluding steroid dienone is 1. The molecule has 0 unspecified atom stereocenters. The smallest absolute Gasteiger partial charge is 1.00 e. The van der Waals surface area contributed by atoms with Crippen LogP contribution in [0.4, 0.5) is 5.69 Å². The number of aliphatic carboxylic acids is 1. The predicted octanol–water partition coefficient (Wildman–Crippen LogP) is 0.856. The molecule has 0 saturated carbocycles. The number of phenols is 1. The van der Waals surface area contributed by atoms with Gasteiger partial charge in [0.2, 0.25) is 5.91 Å². The van der Waals surface area contributed by atoms with E-state index >= 15 is 0 Å². The molecule has 2 atom stereocenters. The summed E-state index contributed by atoms with van der Waals surface area (Å²) in [5.74, 6) is -1.79. The molecule has 0 spiro atoms. The molecule has 0 aliphatic carbocycles. The van der Waals surface area contributed by atoms with Gasteiger partial charge in [0.05, 0.1) is 5.75 Å². The van der Waals surface area contributed by atoms with Crippen LogP contribution in [0, 0.1) is 0 Å². The average Bonchev–Trinajstić information content (AvgIpc) is 3.34. The van der Waals surface area contributed by atoms with Crippen LogP contribution in [-0.2, 0) is 19.2 Å². The van der Waals surface area contributed by atoms with Crippen molar-refractivity contribution in [2.75, 3.05) is 23.0 Å². The summed E-state index contributed by atoms with van der Waals surface area (Å²) in [6.07, 6.45) is 2.00. The Morgan fingerprint density at radius 3 is 2.55 bits per heavy atom. The molecule has 9 nitrogen and oxygen atoms in total. The Morgan fingerprint density at radius 2 is 1.81 bits per heavy atom. The van der Waals surface area contributed by atoms with E-state index in [1.807, 2.05) is 42.5 Å². The summed E-state index contributed by atoms with van der Waals surface area (Å²) in [6.45, 7) is 0.425. The number of carboxylic acid groups (broad SMARTS) is 1. The number of hydrogen-bond acceptors (Lipinski definition) is 7. The van der Waals surface area contributed by atoms with Crippen LogP contribution in [0.2, 0.25) is 0 Å². The molecule has 3 aromatic rings. The zero-order chi connectivity index (χ0) is 28.7. The number of aromatic hydroxyl groups is 1. The number of phenolic OH excluding ortho intramolecular Hbond substituents is 1. The zero-order valence-electron chi connectivity index (χ0n) is 23.6. The number of nitrogens with zero attached hydrogens (tertiary/aromatic N) is 2. The largest absolute Gasteiger partial charge is 1.00 e. The Labute approximate surface area is 273 Å². The summed E-state index contributed by atoms with van der Waals surface area (Å²) >= 11 is 2.73. The van der Waals surface area contributed by atoms with Crippen molar-refractivity contribution in [1.29, 1.82) is 0 Å². The maximum atomic E-state index is 13.1. The third-order valence-electron chi connectivity index (χ3n) is 7.24. The van der Waals surface area contributed by atoms with Crippen LogP contribution in [-0.4, -0.2) is 68.3 Å². The van der Waals surface area contributed by atoms with Gasteiger partial charge in [-0.1, -0.05) is 30.3 Å². The molecule has 3 aliphatic rings. The van der Waals surface area contributed by atoms with E-state index in [-0.39, 0.29) is 65.8 Å². The predicted molar refractivity (Wildman–Crippen MR) is 159 cm³/mol. The fraction of sp³-hybridized carbons (Fsp3) is 0.200. The third kappa shape index (κ3) is 5.84. The van der Waals surface area contributed by atoms with Crippen LogP contribution in [0.3, 0.4) is 0 Å². The summed E-state index contributed by atoms with van der Waals surface area (Å²) in [5, 5.41) is 24.0. The average molecular weight is 612 g/mol. The number of rotatable bonds is 7. The monoisotopic (exact) mass is 611 g/mol. The molecule has 12 heteroatoms. The van der Waals surface area contributed by atoms with E-state index in [0.29, 0.717) is 29.8 Å². The van der Waals surface area contributed by atoms with Crippen LogP contribution in [0.1, 0.15) is 7.85 Å². The minimum atomic E-state index is -1.26. The summed E-state index contributed by atoms with van der Waals surface area (Å²) in [5.41, 5.74) is 1.32. The Bertz CT molecular complexity index is 1670. The number of carboxylic acids is 1. The van der Waals surface area contributed by atoms with Crippen molar-refractivity contribution in [3.8, 4) is 5.75 Å². The molecule has 3 heterocycles. The van der Waals surface area contributed by atoms with Crippen molar-refractivity contribution in [2.24, 2.45) is 0 Å². The van der Waals surface area contributed by atoms with Crippen molar-refractivity contribution < 1.29 is 60.4 Å². The maximum absolute atomic E-state index is 13.1. The molecule has 2 saturated heterocycles. The number of thioether (sulfide) groups is 2. The normalized spacial score (nSPS) is 20.8. The second-order valence-electron chi connectivity index (χ2n) is 9.82. The van der Waals surface area contributed by atoms with Crippen LogP contribution in [0.25, 0.3) is 10.8 Å². The van der Waals surface area contributed by atoms with Crippen molar-refractivity contribution in [3.05, 3.63) is 89.6 Å². The first-order valence-electron chi connectivity index (χ1n) is 12.9. The maximum Gasteiger partial charge on any atom is 1.00 e. The molecule has 3 N–H and O–H groups in total. The van der Waals surface area contributed by atoms with Crippen molar-refractivity contribution in [2.45, 2.75) is 22.7 Å². The summed E-state index contributed by atoms with van der Waals surface area (Å²) in [4.78, 5) is 54.8.